The molecule has 4 saturated carbocycles. The van der Waals surface area contributed by atoms with Crippen LogP contribution in [0.5, 0.6) is 0 Å². The Hall–Kier alpha value is -3.39. The molecule has 46 heavy (non-hydrogen) atoms. The smallest absolute Gasteiger partial charge is 0.254 e. The van der Waals surface area contributed by atoms with Crippen LogP contribution in [0.2, 0.25) is 0 Å². The number of aromatic amines is 1. The van der Waals surface area contributed by atoms with Gasteiger partial charge in [-0.2, -0.15) is 0 Å². The summed E-state index contributed by atoms with van der Waals surface area (Å²) in [6.45, 7) is 10.6. The number of hydrogen-bond acceptors (Lipinski definition) is 4. The number of benzene rings is 1. The molecule has 5 fully saturated rings. The van der Waals surface area contributed by atoms with E-state index in [4.69, 9.17) is 0 Å². The highest BCUT2D eigenvalue weighted by molar-refractivity contribution is 6.08. The van der Waals surface area contributed by atoms with Crippen molar-refractivity contribution in [2.24, 2.45) is 35.5 Å². The van der Waals surface area contributed by atoms with E-state index in [0.717, 1.165) is 104 Å². The lowest BCUT2D eigenvalue weighted by Gasteiger charge is -2.54. The zero-order valence-corrected chi connectivity index (χ0v) is 27.9. The second-order valence-electron chi connectivity index (χ2n) is 15.1. The predicted molar refractivity (Wildman–Crippen MR) is 182 cm³/mol. The first-order chi connectivity index (χ1) is 22.2. The standard InChI is InChI=1S/C38H51N5O3/c1-23-14-24(2)41-37(45)33(23)21-40-38(46)36-25(3)43(34-7-5-4-6-31(34)36)22-26-8-11-42(12-9-26)13-10-39-35(44)20-32-29-16-27-15-28(18-29)19-30(32)17-27/h4-7,14,26-30,32H,8-13,15-22H2,1-3H3,(H,39,44)(H,40,46)(H,41,45). The van der Waals surface area contributed by atoms with Gasteiger partial charge in [-0.15, -0.1) is 0 Å². The highest BCUT2D eigenvalue weighted by atomic mass is 16.2. The number of piperidine rings is 1. The maximum atomic E-state index is 13.5. The summed E-state index contributed by atoms with van der Waals surface area (Å²) in [6, 6.07) is 10.1. The van der Waals surface area contributed by atoms with Gasteiger partial charge in [-0.1, -0.05) is 18.2 Å². The van der Waals surface area contributed by atoms with Crippen LogP contribution in [0.25, 0.3) is 10.9 Å². The lowest BCUT2D eigenvalue weighted by atomic mass is 9.51. The lowest BCUT2D eigenvalue weighted by Crippen LogP contribution is -2.47. The van der Waals surface area contributed by atoms with E-state index in [9.17, 15) is 14.4 Å². The Morgan fingerprint density at radius 3 is 2.33 bits per heavy atom. The monoisotopic (exact) mass is 625 g/mol. The molecule has 8 nitrogen and oxygen atoms in total. The van der Waals surface area contributed by atoms with E-state index < -0.39 is 0 Å². The van der Waals surface area contributed by atoms with Crippen LogP contribution in [-0.4, -0.2) is 52.4 Å². The molecule has 8 heteroatoms. The Morgan fingerprint density at radius 1 is 0.935 bits per heavy atom. The maximum absolute atomic E-state index is 13.5. The van der Waals surface area contributed by atoms with Gasteiger partial charge in [0.15, 0.2) is 0 Å². The van der Waals surface area contributed by atoms with Gasteiger partial charge in [0, 0.05) is 60.5 Å². The van der Waals surface area contributed by atoms with Crippen LogP contribution in [0.3, 0.4) is 0 Å². The van der Waals surface area contributed by atoms with Crippen molar-refractivity contribution in [3.63, 3.8) is 0 Å². The van der Waals surface area contributed by atoms with Crippen molar-refractivity contribution < 1.29 is 9.59 Å². The maximum Gasteiger partial charge on any atom is 0.254 e. The first kappa shape index (κ1) is 31.2. The van der Waals surface area contributed by atoms with Crippen molar-refractivity contribution in [1.29, 1.82) is 0 Å². The largest absolute Gasteiger partial charge is 0.355 e. The Labute approximate surface area is 272 Å². The number of aromatic nitrogens is 2. The van der Waals surface area contributed by atoms with Crippen molar-refractivity contribution >= 4 is 22.7 Å². The minimum atomic E-state index is -0.150. The zero-order chi connectivity index (χ0) is 31.9. The Morgan fingerprint density at radius 2 is 1.63 bits per heavy atom. The van der Waals surface area contributed by atoms with E-state index in [2.05, 4.69) is 31.2 Å². The highest BCUT2D eigenvalue weighted by Gasteiger charge is 2.48. The quantitative estimate of drug-likeness (QED) is 0.278. The first-order valence-corrected chi connectivity index (χ1v) is 17.8. The Kier molecular flexibility index (Phi) is 8.83. The third-order valence-corrected chi connectivity index (χ3v) is 12.1. The summed E-state index contributed by atoms with van der Waals surface area (Å²) in [4.78, 5) is 44.3. The van der Waals surface area contributed by atoms with Gasteiger partial charge in [-0.25, -0.2) is 0 Å². The fourth-order valence-corrected chi connectivity index (χ4v) is 9.97. The van der Waals surface area contributed by atoms with Crippen molar-refractivity contribution in [2.75, 3.05) is 26.2 Å². The summed E-state index contributed by atoms with van der Waals surface area (Å²) in [6.07, 6.45) is 9.92. The van der Waals surface area contributed by atoms with Gasteiger partial charge in [0.1, 0.15) is 0 Å². The van der Waals surface area contributed by atoms with E-state index in [1.807, 2.05) is 45.0 Å². The molecule has 4 aliphatic carbocycles. The summed E-state index contributed by atoms with van der Waals surface area (Å²) in [5.74, 6) is 4.81. The second kappa shape index (κ2) is 13.0. The molecule has 0 atom stereocenters. The molecular weight excluding hydrogens is 574 g/mol. The number of likely N-dealkylation sites (tertiary alicyclic amines) is 1. The third-order valence-electron chi connectivity index (χ3n) is 12.1. The molecule has 1 saturated heterocycles. The summed E-state index contributed by atoms with van der Waals surface area (Å²) in [5.41, 5.74) is 4.89. The summed E-state index contributed by atoms with van der Waals surface area (Å²) in [7, 11) is 0. The number of rotatable bonds is 10. The Balaban J connectivity index is 0.908. The van der Waals surface area contributed by atoms with E-state index in [1.54, 1.807) is 0 Å². The lowest BCUT2D eigenvalue weighted by molar-refractivity contribution is -0.126. The molecule has 0 unspecified atom stereocenters. The number of carbonyl (C=O) groups is 2. The number of para-hydroxylation sites is 1. The number of pyridine rings is 1. The van der Waals surface area contributed by atoms with Crippen LogP contribution in [0, 0.1) is 56.3 Å². The predicted octanol–water partition coefficient (Wildman–Crippen LogP) is 5.48. The van der Waals surface area contributed by atoms with Crippen molar-refractivity contribution in [1.82, 2.24) is 25.1 Å². The zero-order valence-electron chi connectivity index (χ0n) is 27.9. The van der Waals surface area contributed by atoms with Gasteiger partial charge >= 0.3 is 0 Å². The Bertz CT molecular complexity index is 1630. The fraction of sp³-hybridized carbons (Fsp3) is 0.605. The van der Waals surface area contributed by atoms with Crippen LogP contribution in [-0.2, 0) is 17.9 Å². The average Bonchev–Trinajstić information content (AvgIpc) is 3.29. The first-order valence-electron chi connectivity index (χ1n) is 17.8. The minimum Gasteiger partial charge on any atom is -0.355 e. The molecule has 0 radical (unpaired) electrons. The molecule has 0 spiro atoms. The molecule has 5 aliphatic rings. The van der Waals surface area contributed by atoms with E-state index in [-0.39, 0.29) is 23.9 Å². The van der Waals surface area contributed by atoms with Gasteiger partial charge in [-0.3, -0.25) is 14.4 Å². The fourth-order valence-electron chi connectivity index (χ4n) is 9.97. The SMILES string of the molecule is Cc1cc(C)c(CNC(=O)c2c(C)n(CC3CCN(CCNC(=O)CC4C5CC6CC(C5)CC4C6)CC3)c3ccccc23)c(=O)[nH]1. The molecule has 2 aromatic heterocycles. The molecule has 8 rings (SSSR count). The van der Waals surface area contributed by atoms with Crippen molar-refractivity contribution in [3.8, 4) is 0 Å². The number of carbonyl (C=O) groups excluding carboxylic acids is 2. The highest BCUT2D eigenvalue weighted by Crippen LogP contribution is 2.57. The number of H-pyrrole nitrogens is 1. The van der Waals surface area contributed by atoms with Crippen molar-refractivity contribution in [2.45, 2.75) is 85.2 Å². The number of fused-ring (bicyclic) bond motifs is 1. The molecule has 3 aromatic rings. The van der Waals surface area contributed by atoms with Crippen LogP contribution >= 0.6 is 0 Å². The van der Waals surface area contributed by atoms with Gasteiger partial charge in [0.2, 0.25) is 5.91 Å². The molecule has 1 aliphatic heterocycles. The molecule has 246 valence electrons. The second-order valence-corrected chi connectivity index (χ2v) is 15.1. The van der Waals surface area contributed by atoms with Gasteiger partial charge in [0.25, 0.3) is 11.5 Å². The molecule has 3 heterocycles. The van der Waals surface area contributed by atoms with E-state index in [1.165, 1.54) is 32.1 Å². The molecule has 4 bridgehead atoms. The molecular formula is C38H51N5O3. The topological polar surface area (TPSA) is 99.2 Å². The number of nitrogens with zero attached hydrogens (tertiary/aromatic N) is 2. The minimum absolute atomic E-state index is 0.146. The van der Waals surface area contributed by atoms with Gasteiger partial charge < -0.3 is 25.1 Å². The molecule has 3 N–H and O–H groups in total. The van der Waals surface area contributed by atoms with Gasteiger partial charge in [-0.05, 0) is 132 Å². The van der Waals surface area contributed by atoms with E-state index in [0.29, 0.717) is 23.0 Å². The normalized spacial score (nSPS) is 26.1. The summed E-state index contributed by atoms with van der Waals surface area (Å²) < 4.78 is 2.32. The number of nitrogens with one attached hydrogen (secondary N) is 3. The summed E-state index contributed by atoms with van der Waals surface area (Å²) >= 11 is 0. The summed E-state index contributed by atoms with van der Waals surface area (Å²) in [5, 5.41) is 7.25. The number of amides is 2. The van der Waals surface area contributed by atoms with Crippen molar-refractivity contribution in [3.05, 3.63) is 68.8 Å². The van der Waals surface area contributed by atoms with Crippen LogP contribution in [0.15, 0.2) is 35.1 Å². The average molecular weight is 626 g/mol. The number of aryl methyl sites for hydroxylation is 2. The molecule has 2 amide bonds. The molecule has 1 aromatic carbocycles. The van der Waals surface area contributed by atoms with E-state index >= 15 is 0 Å². The van der Waals surface area contributed by atoms with Crippen LogP contribution < -0.4 is 16.2 Å². The van der Waals surface area contributed by atoms with Crippen LogP contribution in [0.1, 0.15) is 84.2 Å². The third kappa shape index (κ3) is 6.29. The van der Waals surface area contributed by atoms with Crippen LogP contribution in [0.4, 0.5) is 0 Å². The van der Waals surface area contributed by atoms with Gasteiger partial charge in [0.05, 0.1) is 5.56 Å². The number of hydrogen-bond donors (Lipinski definition) is 3.